The van der Waals surface area contributed by atoms with Crippen molar-refractivity contribution >= 4 is 17.2 Å². The van der Waals surface area contributed by atoms with Crippen LogP contribution in [0.4, 0.5) is 4.39 Å². The number of likely N-dealkylation sites (N-methyl/N-ethyl adjacent to an activating group) is 1. The van der Waals surface area contributed by atoms with Gasteiger partial charge < -0.3 is 15.0 Å². The summed E-state index contributed by atoms with van der Waals surface area (Å²) in [6.07, 6.45) is 0. The minimum absolute atomic E-state index is 0.0936. The average Bonchev–Trinajstić information content (AvgIpc) is 3.17. The maximum atomic E-state index is 13.5. The molecule has 0 spiro atoms. The van der Waals surface area contributed by atoms with Crippen LogP contribution in [0.1, 0.15) is 11.6 Å². The van der Waals surface area contributed by atoms with Crippen LogP contribution in [-0.2, 0) is 4.79 Å². The van der Waals surface area contributed by atoms with Crippen molar-refractivity contribution in [1.82, 2.24) is 15.1 Å². The maximum Gasteiger partial charge on any atom is 0.258 e. The van der Waals surface area contributed by atoms with Gasteiger partial charge in [-0.1, -0.05) is 12.1 Å². The Morgan fingerprint density at radius 3 is 2.73 bits per heavy atom. The molecule has 1 amide bonds. The highest BCUT2D eigenvalue weighted by atomic mass is 32.1. The quantitative estimate of drug-likeness (QED) is 0.805. The molecule has 26 heavy (non-hydrogen) atoms. The molecule has 1 saturated heterocycles. The van der Waals surface area contributed by atoms with Gasteiger partial charge in [-0.05, 0) is 41.6 Å². The van der Waals surface area contributed by atoms with E-state index in [0.29, 0.717) is 6.54 Å². The van der Waals surface area contributed by atoms with E-state index in [1.165, 1.54) is 17.7 Å². The van der Waals surface area contributed by atoms with E-state index in [1.807, 2.05) is 0 Å². The van der Waals surface area contributed by atoms with Gasteiger partial charge in [0.1, 0.15) is 0 Å². The fourth-order valence-corrected chi connectivity index (χ4v) is 3.73. The fourth-order valence-electron chi connectivity index (χ4n) is 3.02. The Kier molecular flexibility index (Phi) is 6.60. The van der Waals surface area contributed by atoms with Crippen molar-refractivity contribution in [2.24, 2.45) is 0 Å². The third-order valence-electron chi connectivity index (χ3n) is 4.59. The monoisotopic (exact) mass is 377 g/mol. The summed E-state index contributed by atoms with van der Waals surface area (Å²) < 4.78 is 18.8. The summed E-state index contributed by atoms with van der Waals surface area (Å²) in [4.78, 5) is 16.9. The Morgan fingerprint density at radius 1 is 1.27 bits per heavy atom. The predicted molar refractivity (Wildman–Crippen MR) is 101 cm³/mol. The van der Waals surface area contributed by atoms with Crippen molar-refractivity contribution in [3.8, 4) is 5.75 Å². The number of carbonyl (C=O) groups excluding carboxylic acids is 1. The van der Waals surface area contributed by atoms with E-state index in [2.05, 4.69) is 39.0 Å². The van der Waals surface area contributed by atoms with Gasteiger partial charge in [0.25, 0.3) is 5.91 Å². The summed E-state index contributed by atoms with van der Waals surface area (Å²) in [5.41, 5.74) is 1.22. The highest BCUT2D eigenvalue weighted by molar-refractivity contribution is 7.07. The summed E-state index contributed by atoms with van der Waals surface area (Å²) in [5, 5.41) is 7.12. The van der Waals surface area contributed by atoms with Crippen LogP contribution in [0, 0.1) is 5.82 Å². The Balaban J connectivity index is 1.54. The molecule has 2 aromatic rings. The van der Waals surface area contributed by atoms with Crippen LogP contribution < -0.4 is 10.1 Å². The molecule has 0 bridgehead atoms. The molecular weight excluding hydrogens is 353 g/mol. The van der Waals surface area contributed by atoms with Crippen molar-refractivity contribution in [2.75, 3.05) is 46.4 Å². The highest BCUT2D eigenvalue weighted by Crippen LogP contribution is 2.23. The van der Waals surface area contributed by atoms with Crippen LogP contribution in [0.5, 0.6) is 5.75 Å². The molecule has 2 heterocycles. The first kappa shape index (κ1) is 18.8. The second kappa shape index (κ2) is 9.12. The fraction of sp³-hybridized carbons (Fsp3) is 0.421. The zero-order chi connectivity index (χ0) is 18.4. The number of amides is 1. The summed E-state index contributed by atoms with van der Waals surface area (Å²) in [6, 6.07) is 8.34. The molecule has 0 unspecified atom stereocenters. The van der Waals surface area contributed by atoms with Gasteiger partial charge in [-0.2, -0.15) is 11.3 Å². The molecule has 1 N–H and O–H groups in total. The number of rotatable bonds is 7. The summed E-state index contributed by atoms with van der Waals surface area (Å²) in [5.74, 6) is -0.618. The first-order chi connectivity index (χ1) is 12.6. The number of ether oxygens (including phenoxy) is 1. The number of piperazine rings is 1. The van der Waals surface area contributed by atoms with E-state index in [-0.39, 0.29) is 24.3 Å². The maximum absolute atomic E-state index is 13.5. The van der Waals surface area contributed by atoms with E-state index in [9.17, 15) is 9.18 Å². The molecule has 0 aliphatic carbocycles. The molecular formula is C19H24FN3O2S. The summed E-state index contributed by atoms with van der Waals surface area (Å²) in [6.45, 7) is 4.30. The third-order valence-corrected chi connectivity index (χ3v) is 5.30. The predicted octanol–water partition coefficient (Wildman–Crippen LogP) is 2.37. The molecule has 1 aromatic carbocycles. The number of nitrogens with one attached hydrogen (secondary N) is 1. The van der Waals surface area contributed by atoms with Gasteiger partial charge in [-0.15, -0.1) is 0 Å². The molecule has 140 valence electrons. The molecule has 1 atom stereocenters. The highest BCUT2D eigenvalue weighted by Gasteiger charge is 2.24. The topological polar surface area (TPSA) is 44.8 Å². The lowest BCUT2D eigenvalue weighted by Crippen LogP contribution is -2.48. The van der Waals surface area contributed by atoms with Crippen LogP contribution in [0.25, 0.3) is 0 Å². The van der Waals surface area contributed by atoms with Crippen molar-refractivity contribution in [2.45, 2.75) is 6.04 Å². The zero-order valence-electron chi connectivity index (χ0n) is 14.9. The Hall–Kier alpha value is -1.96. The van der Waals surface area contributed by atoms with Crippen LogP contribution in [0.2, 0.25) is 0 Å². The number of hydrogen-bond acceptors (Lipinski definition) is 5. The molecule has 3 rings (SSSR count). The standard InChI is InChI=1S/C19H24FN3O2S/c1-22-7-9-23(10-8-22)17(15-6-11-26-14-15)12-21-19(24)13-25-18-5-3-2-4-16(18)20/h2-6,11,14,17H,7-10,12-13H2,1H3,(H,21,24)/t17-/m0/s1. The molecule has 5 nitrogen and oxygen atoms in total. The lowest BCUT2D eigenvalue weighted by atomic mass is 10.1. The van der Waals surface area contributed by atoms with E-state index in [1.54, 1.807) is 23.5 Å². The first-order valence-corrected chi connectivity index (χ1v) is 9.66. The van der Waals surface area contributed by atoms with Crippen molar-refractivity contribution in [1.29, 1.82) is 0 Å². The second-order valence-corrected chi connectivity index (χ2v) is 7.21. The molecule has 1 aliphatic rings. The van der Waals surface area contributed by atoms with E-state index in [0.717, 1.165) is 26.2 Å². The molecule has 7 heteroatoms. The Labute approximate surface area is 157 Å². The minimum atomic E-state index is -0.464. The van der Waals surface area contributed by atoms with Crippen molar-refractivity contribution in [3.05, 3.63) is 52.5 Å². The number of benzene rings is 1. The molecule has 1 fully saturated rings. The van der Waals surface area contributed by atoms with Crippen LogP contribution in [-0.4, -0.2) is 62.1 Å². The summed E-state index contributed by atoms with van der Waals surface area (Å²) >= 11 is 1.66. The minimum Gasteiger partial charge on any atom is -0.481 e. The van der Waals surface area contributed by atoms with Crippen LogP contribution in [0.15, 0.2) is 41.1 Å². The van der Waals surface area contributed by atoms with Gasteiger partial charge in [0.15, 0.2) is 18.2 Å². The number of hydrogen-bond donors (Lipinski definition) is 1. The largest absolute Gasteiger partial charge is 0.481 e. The van der Waals surface area contributed by atoms with Gasteiger partial charge in [0, 0.05) is 32.7 Å². The van der Waals surface area contributed by atoms with Crippen LogP contribution in [0.3, 0.4) is 0 Å². The normalized spacial score (nSPS) is 17.0. The number of para-hydroxylation sites is 1. The number of carbonyl (C=O) groups is 1. The number of nitrogens with zero attached hydrogens (tertiary/aromatic N) is 2. The van der Waals surface area contributed by atoms with Gasteiger partial charge >= 0.3 is 0 Å². The van der Waals surface area contributed by atoms with E-state index >= 15 is 0 Å². The van der Waals surface area contributed by atoms with E-state index < -0.39 is 5.82 Å². The zero-order valence-corrected chi connectivity index (χ0v) is 15.7. The SMILES string of the molecule is CN1CCN([C@@H](CNC(=O)COc2ccccc2F)c2ccsc2)CC1. The Morgan fingerprint density at radius 2 is 2.04 bits per heavy atom. The average molecular weight is 377 g/mol. The lowest BCUT2D eigenvalue weighted by molar-refractivity contribution is -0.123. The molecule has 0 saturated carbocycles. The summed E-state index contributed by atoms with van der Waals surface area (Å²) in [7, 11) is 2.12. The molecule has 0 radical (unpaired) electrons. The van der Waals surface area contributed by atoms with Gasteiger partial charge in [-0.25, -0.2) is 4.39 Å². The van der Waals surface area contributed by atoms with Crippen LogP contribution >= 0.6 is 11.3 Å². The second-order valence-electron chi connectivity index (χ2n) is 6.43. The Bertz CT molecular complexity index is 703. The molecule has 1 aromatic heterocycles. The smallest absolute Gasteiger partial charge is 0.258 e. The van der Waals surface area contributed by atoms with Crippen molar-refractivity contribution in [3.63, 3.8) is 0 Å². The third kappa shape index (κ3) is 5.03. The number of thiophene rings is 1. The van der Waals surface area contributed by atoms with E-state index in [4.69, 9.17) is 4.74 Å². The van der Waals surface area contributed by atoms with Gasteiger partial charge in [-0.3, -0.25) is 9.69 Å². The first-order valence-electron chi connectivity index (χ1n) is 8.72. The lowest BCUT2D eigenvalue weighted by Gasteiger charge is -2.38. The van der Waals surface area contributed by atoms with Gasteiger partial charge in [0.05, 0.1) is 6.04 Å². The van der Waals surface area contributed by atoms with Crippen molar-refractivity contribution < 1.29 is 13.9 Å². The van der Waals surface area contributed by atoms with Gasteiger partial charge in [0.2, 0.25) is 0 Å². The molecule has 1 aliphatic heterocycles. The number of halogens is 1.